The molecule has 140 valence electrons. The summed E-state index contributed by atoms with van der Waals surface area (Å²) in [6, 6.07) is 18.5. The highest BCUT2D eigenvalue weighted by Gasteiger charge is 2.22. The molecule has 4 rings (SSSR count). The highest BCUT2D eigenvalue weighted by atomic mass is 14.9. The van der Waals surface area contributed by atoms with Crippen LogP contribution in [0.3, 0.4) is 0 Å². The maximum Gasteiger partial charge on any atom is 0.213 e. The third-order valence-corrected chi connectivity index (χ3v) is 6.28. The molecule has 2 aromatic carbocycles. The Hall–Kier alpha value is -2.15. The van der Waals surface area contributed by atoms with E-state index in [9.17, 15) is 0 Å². The summed E-state index contributed by atoms with van der Waals surface area (Å²) in [4.78, 5) is 0. The first-order valence-electron chi connectivity index (χ1n) is 10.6. The van der Waals surface area contributed by atoms with Gasteiger partial charge in [-0.05, 0) is 66.8 Å². The average Bonchev–Trinajstić information content (AvgIpc) is 3.19. The number of aromatic nitrogens is 1. The number of para-hydroxylation sites is 1. The lowest BCUT2D eigenvalue weighted by Gasteiger charge is -2.15. The monoisotopic (exact) mass is 358 g/mol. The molecule has 1 aromatic heterocycles. The van der Waals surface area contributed by atoms with Crippen LogP contribution in [0.15, 0.2) is 48.5 Å². The van der Waals surface area contributed by atoms with Crippen molar-refractivity contribution in [3.63, 3.8) is 0 Å². The zero-order valence-corrected chi connectivity index (χ0v) is 17.3. The van der Waals surface area contributed by atoms with Gasteiger partial charge in [-0.2, -0.15) is 4.57 Å². The largest absolute Gasteiger partial charge is 0.213 e. The summed E-state index contributed by atoms with van der Waals surface area (Å²) in [5.74, 6) is 1.41. The molecule has 1 heterocycles. The Labute approximate surface area is 164 Å². The fraction of sp³-hybridized carbons (Fsp3) is 0.423. The number of pyridine rings is 1. The molecule has 0 N–H and O–H groups in total. The Morgan fingerprint density at radius 1 is 1.00 bits per heavy atom. The molecule has 1 fully saturated rings. The highest BCUT2D eigenvalue weighted by Crippen LogP contribution is 2.36. The molecule has 0 aliphatic heterocycles. The maximum absolute atomic E-state index is 2.48. The first-order chi connectivity index (χ1) is 13.0. The highest BCUT2D eigenvalue weighted by molar-refractivity contribution is 5.82. The Balaban J connectivity index is 1.90. The van der Waals surface area contributed by atoms with Gasteiger partial charge in [0.15, 0.2) is 0 Å². The van der Waals surface area contributed by atoms with Gasteiger partial charge in [0.2, 0.25) is 11.2 Å². The summed E-state index contributed by atoms with van der Waals surface area (Å²) in [6.45, 7) is 6.88. The van der Waals surface area contributed by atoms with Gasteiger partial charge < -0.3 is 0 Å². The molecule has 0 bridgehead atoms. The second-order valence-corrected chi connectivity index (χ2v) is 8.78. The van der Waals surface area contributed by atoms with E-state index < -0.39 is 0 Å². The van der Waals surface area contributed by atoms with E-state index in [1.807, 2.05) is 0 Å². The molecule has 0 spiro atoms. The molecule has 0 unspecified atom stereocenters. The van der Waals surface area contributed by atoms with E-state index in [4.69, 9.17) is 0 Å². The molecular formula is C26H32N+. The molecule has 1 nitrogen and oxygen atoms in total. The Kier molecular flexibility index (Phi) is 5.04. The molecule has 0 atom stereocenters. The van der Waals surface area contributed by atoms with Crippen LogP contribution in [0.1, 0.15) is 62.1 Å². The number of rotatable bonds is 4. The zero-order valence-electron chi connectivity index (χ0n) is 17.3. The van der Waals surface area contributed by atoms with Crippen molar-refractivity contribution in [2.45, 2.75) is 58.8 Å². The average molecular weight is 359 g/mol. The lowest BCUT2D eigenvalue weighted by Crippen LogP contribution is -2.33. The number of aryl methyl sites for hydroxylation is 2. The molecule has 27 heavy (non-hydrogen) atoms. The SMILES string of the molecule is Cc1ccc(C2CCCC2)cc1-c1cc(CC(C)C)c2ccccc2[n+]1C. The minimum absolute atomic E-state index is 0.653. The van der Waals surface area contributed by atoms with Crippen molar-refractivity contribution in [3.05, 3.63) is 65.2 Å². The van der Waals surface area contributed by atoms with E-state index in [-0.39, 0.29) is 0 Å². The molecule has 0 radical (unpaired) electrons. The smallest absolute Gasteiger partial charge is 0.194 e. The summed E-state index contributed by atoms with van der Waals surface area (Å²) in [5, 5.41) is 1.39. The van der Waals surface area contributed by atoms with E-state index in [1.165, 1.54) is 64.5 Å². The van der Waals surface area contributed by atoms with Gasteiger partial charge in [0.05, 0.1) is 0 Å². The Morgan fingerprint density at radius 2 is 1.74 bits per heavy atom. The van der Waals surface area contributed by atoms with Gasteiger partial charge >= 0.3 is 0 Å². The van der Waals surface area contributed by atoms with E-state index in [0.29, 0.717) is 5.92 Å². The van der Waals surface area contributed by atoms with Crippen LogP contribution in [-0.4, -0.2) is 0 Å². The third kappa shape index (κ3) is 3.52. The summed E-state index contributed by atoms with van der Waals surface area (Å²) in [6.07, 6.45) is 6.60. The normalized spacial score (nSPS) is 15.1. The number of fused-ring (bicyclic) bond motifs is 1. The van der Waals surface area contributed by atoms with Gasteiger partial charge in [-0.1, -0.05) is 51.0 Å². The van der Waals surface area contributed by atoms with Crippen molar-refractivity contribution < 1.29 is 4.57 Å². The van der Waals surface area contributed by atoms with Crippen molar-refractivity contribution in [2.75, 3.05) is 0 Å². The van der Waals surface area contributed by atoms with Crippen molar-refractivity contribution in [1.29, 1.82) is 0 Å². The van der Waals surface area contributed by atoms with Crippen LogP contribution in [0.25, 0.3) is 22.2 Å². The van der Waals surface area contributed by atoms with E-state index in [1.54, 1.807) is 0 Å². The minimum Gasteiger partial charge on any atom is -0.194 e. The molecular weight excluding hydrogens is 326 g/mol. The first-order valence-corrected chi connectivity index (χ1v) is 10.6. The quantitative estimate of drug-likeness (QED) is 0.469. The molecule has 1 aliphatic rings. The fourth-order valence-corrected chi connectivity index (χ4v) is 4.80. The van der Waals surface area contributed by atoms with E-state index >= 15 is 0 Å². The molecule has 3 aromatic rings. The van der Waals surface area contributed by atoms with Crippen molar-refractivity contribution in [3.8, 4) is 11.3 Å². The number of hydrogen-bond acceptors (Lipinski definition) is 0. The standard InChI is InChI=1S/C26H32N/c1-18(2)15-22-17-26(27(4)25-12-8-7-11-23(22)25)24-16-21(14-13-19(24)3)20-9-5-6-10-20/h7-8,11-14,16-18,20H,5-6,9-10,15H2,1-4H3/q+1. The van der Waals surface area contributed by atoms with Crippen LogP contribution < -0.4 is 4.57 Å². The second-order valence-electron chi connectivity index (χ2n) is 8.78. The predicted molar refractivity (Wildman–Crippen MR) is 115 cm³/mol. The van der Waals surface area contributed by atoms with Crippen LogP contribution in [-0.2, 0) is 13.5 Å². The number of nitrogens with zero attached hydrogens (tertiary/aromatic N) is 1. The van der Waals surface area contributed by atoms with Crippen LogP contribution in [0, 0.1) is 12.8 Å². The van der Waals surface area contributed by atoms with Gasteiger partial charge in [-0.25, -0.2) is 0 Å². The number of benzene rings is 2. The summed E-state index contributed by atoms with van der Waals surface area (Å²) in [5.41, 5.74) is 8.46. The van der Waals surface area contributed by atoms with Crippen molar-refractivity contribution in [1.82, 2.24) is 0 Å². The van der Waals surface area contributed by atoms with Gasteiger partial charge in [-0.15, -0.1) is 0 Å². The number of hydrogen-bond donors (Lipinski definition) is 0. The zero-order chi connectivity index (χ0) is 19.0. The van der Waals surface area contributed by atoms with Gasteiger partial charge in [0.1, 0.15) is 7.05 Å². The van der Waals surface area contributed by atoms with Crippen LogP contribution >= 0.6 is 0 Å². The predicted octanol–water partition coefficient (Wildman–Crippen LogP) is 6.50. The van der Waals surface area contributed by atoms with Crippen LogP contribution in [0.2, 0.25) is 0 Å². The Morgan fingerprint density at radius 3 is 2.48 bits per heavy atom. The van der Waals surface area contributed by atoms with Crippen molar-refractivity contribution >= 4 is 10.9 Å². The van der Waals surface area contributed by atoms with Gasteiger partial charge in [-0.3, -0.25) is 0 Å². The van der Waals surface area contributed by atoms with E-state index in [2.05, 4.69) is 80.9 Å². The van der Waals surface area contributed by atoms with Gasteiger partial charge in [0, 0.05) is 23.1 Å². The summed E-state index contributed by atoms with van der Waals surface area (Å²) in [7, 11) is 2.22. The van der Waals surface area contributed by atoms with E-state index in [0.717, 1.165) is 12.3 Å². The minimum atomic E-state index is 0.653. The van der Waals surface area contributed by atoms with Crippen molar-refractivity contribution in [2.24, 2.45) is 13.0 Å². The first kappa shape index (κ1) is 18.2. The van der Waals surface area contributed by atoms with Crippen LogP contribution in [0.4, 0.5) is 0 Å². The Bertz CT molecular complexity index is 961. The lowest BCUT2D eigenvalue weighted by atomic mass is 9.91. The van der Waals surface area contributed by atoms with Crippen LogP contribution in [0.5, 0.6) is 0 Å². The topological polar surface area (TPSA) is 3.88 Å². The molecule has 1 saturated carbocycles. The molecule has 0 saturated heterocycles. The van der Waals surface area contributed by atoms with Gasteiger partial charge in [0.25, 0.3) is 0 Å². The summed E-state index contributed by atoms with van der Waals surface area (Å²) >= 11 is 0. The lowest BCUT2D eigenvalue weighted by molar-refractivity contribution is -0.633. The molecule has 1 aliphatic carbocycles. The maximum atomic E-state index is 2.48. The summed E-state index contributed by atoms with van der Waals surface area (Å²) < 4.78 is 2.39. The third-order valence-electron chi connectivity index (χ3n) is 6.28. The fourth-order valence-electron chi connectivity index (χ4n) is 4.80. The second kappa shape index (κ2) is 7.46. The molecule has 1 heteroatoms. The molecule has 0 amide bonds.